The van der Waals surface area contributed by atoms with Gasteiger partial charge in [-0.2, -0.15) is 0 Å². The fraction of sp³-hybridized carbons (Fsp3) is 0.500. The Hall–Kier alpha value is -1.14. The Kier molecular flexibility index (Phi) is 8.74. The maximum absolute atomic E-state index is 12.8. The highest BCUT2D eigenvalue weighted by atomic mass is 35.5. The molecule has 2 unspecified atom stereocenters. The van der Waals surface area contributed by atoms with Gasteiger partial charge < -0.3 is 10.2 Å². The molecule has 1 aromatic carbocycles. The van der Waals surface area contributed by atoms with E-state index >= 15 is 0 Å². The van der Waals surface area contributed by atoms with Crippen molar-refractivity contribution in [3.05, 3.63) is 40.4 Å². The second kappa shape index (κ2) is 9.87. The molecule has 0 bridgehead atoms. The van der Waals surface area contributed by atoms with Crippen LogP contribution in [0.3, 0.4) is 0 Å². The highest BCUT2D eigenvalue weighted by molar-refractivity contribution is 7.15. The van der Waals surface area contributed by atoms with Crippen molar-refractivity contribution in [3.63, 3.8) is 0 Å². The molecule has 27 heavy (non-hydrogen) atoms. The Morgan fingerprint density at radius 3 is 2.30 bits per heavy atom. The Balaban J connectivity index is 0.00000182. The Labute approximate surface area is 178 Å². The normalized spacial score (nSPS) is 15.7. The van der Waals surface area contributed by atoms with Crippen molar-refractivity contribution >= 4 is 42.1 Å². The predicted molar refractivity (Wildman–Crippen MR) is 118 cm³/mol. The van der Waals surface area contributed by atoms with Gasteiger partial charge in [-0.25, -0.2) is 4.98 Å². The molecule has 0 spiro atoms. The van der Waals surface area contributed by atoms with E-state index in [0.29, 0.717) is 5.92 Å². The third-order valence-corrected chi connectivity index (χ3v) is 6.73. The Bertz CT molecular complexity index is 759. The van der Waals surface area contributed by atoms with Crippen molar-refractivity contribution in [2.45, 2.75) is 33.7 Å². The molecular formula is C20H29Cl2N3OS. The number of rotatable bonds is 5. The van der Waals surface area contributed by atoms with Crippen LogP contribution in [0.2, 0.25) is 0 Å². The van der Waals surface area contributed by atoms with Gasteiger partial charge in [0.2, 0.25) is 5.91 Å². The molecular weight excluding hydrogens is 401 g/mol. The van der Waals surface area contributed by atoms with Gasteiger partial charge in [0.25, 0.3) is 0 Å². The van der Waals surface area contributed by atoms with Crippen LogP contribution in [-0.2, 0) is 4.79 Å². The zero-order valence-corrected chi connectivity index (χ0v) is 18.9. The lowest BCUT2D eigenvalue weighted by molar-refractivity contribution is -0.138. The molecule has 2 heterocycles. The van der Waals surface area contributed by atoms with Crippen molar-refractivity contribution in [2.75, 3.05) is 20.1 Å². The summed E-state index contributed by atoms with van der Waals surface area (Å²) < 4.78 is 0. The van der Waals surface area contributed by atoms with E-state index in [1.54, 1.807) is 11.3 Å². The lowest BCUT2D eigenvalue weighted by atomic mass is 9.87. The summed E-state index contributed by atoms with van der Waals surface area (Å²) in [4.78, 5) is 20.6. The number of nitrogens with zero attached hydrogens (tertiary/aromatic N) is 2. The molecule has 4 nitrogen and oxygen atoms in total. The van der Waals surface area contributed by atoms with Gasteiger partial charge in [-0.3, -0.25) is 4.79 Å². The highest BCUT2D eigenvalue weighted by Crippen LogP contribution is 2.34. The summed E-state index contributed by atoms with van der Waals surface area (Å²) in [5.74, 6) is 0.759. The fourth-order valence-corrected chi connectivity index (χ4v) is 4.34. The molecule has 1 amide bonds. The molecule has 1 aromatic heterocycles. The molecule has 1 saturated heterocycles. The van der Waals surface area contributed by atoms with E-state index in [9.17, 15) is 4.79 Å². The summed E-state index contributed by atoms with van der Waals surface area (Å²) in [6, 6.07) is 8.49. The monoisotopic (exact) mass is 429 g/mol. The second-order valence-electron chi connectivity index (χ2n) is 7.17. The highest BCUT2D eigenvalue weighted by Gasteiger charge is 2.33. The van der Waals surface area contributed by atoms with Gasteiger partial charge in [0.1, 0.15) is 5.01 Å². The van der Waals surface area contributed by atoms with Crippen molar-refractivity contribution in [1.29, 1.82) is 0 Å². The standard InChI is InChI=1S/C20H27N3OS.2ClH/c1-12-6-8-16(9-7-12)19-22-14(3)18(25-19)15(4)23(5)20(24)13(2)17-10-21-11-17;;/h6-9,13,15,17,21H,10-11H2,1-5H3;2*1H. The quantitative estimate of drug-likeness (QED) is 0.752. The van der Waals surface area contributed by atoms with E-state index in [-0.39, 0.29) is 42.7 Å². The van der Waals surface area contributed by atoms with Crippen LogP contribution in [0.5, 0.6) is 0 Å². The first kappa shape index (κ1) is 23.9. The number of halogens is 2. The smallest absolute Gasteiger partial charge is 0.226 e. The minimum atomic E-state index is 0. The number of aryl methyl sites for hydroxylation is 2. The zero-order chi connectivity index (χ0) is 18.1. The van der Waals surface area contributed by atoms with Gasteiger partial charge in [0.15, 0.2) is 0 Å². The number of hydrogen-bond acceptors (Lipinski definition) is 4. The van der Waals surface area contributed by atoms with Crippen LogP contribution in [0.1, 0.15) is 36.0 Å². The van der Waals surface area contributed by atoms with E-state index in [0.717, 1.165) is 29.4 Å². The fourth-order valence-electron chi connectivity index (χ4n) is 3.17. The van der Waals surface area contributed by atoms with Crippen LogP contribution in [0.25, 0.3) is 10.6 Å². The number of thiazole rings is 1. The number of hydrogen-bond donors (Lipinski definition) is 1. The van der Waals surface area contributed by atoms with Crippen LogP contribution in [-0.4, -0.2) is 35.9 Å². The molecule has 3 rings (SSSR count). The first-order valence-corrected chi connectivity index (χ1v) is 9.72. The Morgan fingerprint density at radius 1 is 1.19 bits per heavy atom. The van der Waals surface area contributed by atoms with Gasteiger partial charge in [0, 0.05) is 18.5 Å². The summed E-state index contributed by atoms with van der Waals surface area (Å²) in [5.41, 5.74) is 3.40. The van der Waals surface area contributed by atoms with Crippen LogP contribution >= 0.6 is 36.2 Å². The van der Waals surface area contributed by atoms with Crippen molar-refractivity contribution < 1.29 is 4.79 Å². The van der Waals surface area contributed by atoms with Crippen LogP contribution in [0.4, 0.5) is 0 Å². The Morgan fingerprint density at radius 2 is 1.78 bits per heavy atom. The molecule has 7 heteroatoms. The summed E-state index contributed by atoms with van der Waals surface area (Å²) >= 11 is 1.69. The molecule has 1 aliphatic heterocycles. The summed E-state index contributed by atoms with van der Waals surface area (Å²) in [6.07, 6.45) is 0. The van der Waals surface area contributed by atoms with E-state index in [2.05, 4.69) is 43.4 Å². The van der Waals surface area contributed by atoms with Gasteiger partial charge in [-0.05, 0) is 39.8 Å². The van der Waals surface area contributed by atoms with E-state index in [1.165, 1.54) is 10.4 Å². The average Bonchev–Trinajstić information content (AvgIpc) is 2.93. The van der Waals surface area contributed by atoms with E-state index < -0.39 is 0 Å². The molecule has 0 aliphatic carbocycles. The largest absolute Gasteiger partial charge is 0.338 e. The molecule has 0 saturated carbocycles. The third kappa shape index (κ3) is 5.02. The zero-order valence-electron chi connectivity index (χ0n) is 16.5. The molecule has 1 aliphatic rings. The summed E-state index contributed by atoms with van der Waals surface area (Å²) in [7, 11) is 1.92. The molecule has 2 aromatic rings. The van der Waals surface area contributed by atoms with Gasteiger partial charge in [-0.1, -0.05) is 36.8 Å². The molecule has 2 atom stereocenters. The van der Waals surface area contributed by atoms with Crippen LogP contribution in [0.15, 0.2) is 24.3 Å². The number of carbonyl (C=O) groups is 1. The lowest BCUT2D eigenvalue weighted by Gasteiger charge is -2.35. The van der Waals surface area contributed by atoms with Crippen molar-refractivity contribution in [1.82, 2.24) is 15.2 Å². The second-order valence-corrected chi connectivity index (χ2v) is 8.20. The average molecular weight is 430 g/mol. The van der Waals surface area contributed by atoms with Crippen molar-refractivity contribution in [2.24, 2.45) is 11.8 Å². The molecule has 150 valence electrons. The SMILES string of the molecule is Cc1ccc(-c2nc(C)c(C(C)N(C)C(=O)C(C)C3CNC3)s2)cc1.Cl.Cl. The van der Waals surface area contributed by atoms with Crippen molar-refractivity contribution in [3.8, 4) is 10.6 Å². The molecule has 1 N–H and O–H groups in total. The minimum Gasteiger partial charge on any atom is -0.338 e. The summed E-state index contributed by atoms with van der Waals surface area (Å²) in [5, 5.41) is 4.28. The summed E-state index contributed by atoms with van der Waals surface area (Å²) in [6.45, 7) is 10.2. The predicted octanol–water partition coefficient (Wildman–Crippen LogP) is 4.65. The maximum atomic E-state index is 12.8. The number of carbonyl (C=O) groups excluding carboxylic acids is 1. The van der Waals surface area contributed by atoms with Gasteiger partial charge in [-0.15, -0.1) is 36.2 Å². The minimum absolute atomic E-state index is 0. The number of nitrogens with one attached hydrogen (secondary N) is 1. The van der Waals surface area contributed by atoms with Gasteiger partial charge >= 0.3 is 0 Å². The maximum Gasteiger partial charge on any atom is 0.226 e. The number of aromatic nitrogens is 1. The van der Waals surface area contributed by atoms with E-state index in [4.69, 9.17) is 4.98 Å². The van der Waals surface area contributed by atoms with Gasteiger partial charge in [0.05, 0.1) is 16.6 Å². The third-order valence-electron chi connectivity index (χ3n) is 5.35. The van der Waals surface area contributed by atoms with Crippen LogP contribution in [0, 0.1) is 25.7 Å². The number of benzene rings is 1. The van der Waals surface area contributed by atoms with Crippen LogP contribution < -0.4 is 5.32 Å². The number of amides is 1. The molecule has 1 fully saturated rings. The first-order valence-electron chi connectivity index (χ1n) is 8.90. The molecule has 0 radical (unpaired) electrons. The lowest BCUT2D eigenvalue weighted by Crippen LogP contribution is -2.50. The van der Waals surface area contributed by atoms with E-state index in [1.807, 2.05) is 25.8 Å². The topological polar surface area (TPSA) is 45.2 Å². The first-order chi connectivity index (χ1) is 11.9.